The number of amides is 1. The molecule has 1 amide bonds. The molecule has 25 heavy (non-hydrogen) atoms. The van der Waals surface area contributed by atoms with Crippen molar-refractivity contribution >= 4 is 12.0 Å². The summed E-state index contributed by atoms with van der Waals surface area (Å²) in [6.07, 6.45) is 3.11. The Morgan fingerprint density at radius 3 is 2.36 bits per heavy atom. The monoisotopic (exact) mass is 328 g/mol. The van der Waals surface area contributed by atoms with Gasteiger partial charge in [-0.05, 0) is 34.9 Å². The maximum Gasteiger partial charge on any atom is 0.262 e. The van der Waals surface area contributed by atoms with Gasteiger partial charge >= 0.3 is 0 Å². The second-order valence-electron chi connectivity index (χ2n) is 5.42. The van der Waals surface area contributed by atoms with E-state index in [2.05, 4.69) is 5.32 Å². The molecule has 3 rings (SSSR count). The van der Waals surface area contributed by atoms with Crippen molar-refractivity contribution in [2.75, 3.05) is 0 Å². The maximum absolute atomic E-state index is 12.1. The standard InChI is InChI=1S/C21H16N2O2/c22-14-19(21(24)23-15-20-7-4-12-25-20)13-16-8-10-18(11-9-16)17-5-2-1-3-6-17/h1-13H,15H2,(H,23,24). The van der Waals surface area contributed by atoms with Gasteiger partial charge in [-0.15, -0.1) is 0 Å². The number of carbonyl (C=O) groups is 1. The van der Waals surface area contributed by atoms with Gasteiger partial charge in [0.1, 0.15) is 17.4 Å². The summed E-state index contributed by atoms with van der Waals surface area (Å²) in [4.78, 5) is 12.1. The van der Waals surface area contributed by atoms with E-state index in [9.17, 15) is 10.1 Å². The summed E-state index contributed by atoms with van der Waals surface area (Å²) in [5, 5.41) is 11.9. The number of carbonyl (C=O) groups excluding carboxylic acids is 1. The van der Waals surface area contributed by atoms with E-state index in [1.54, 1.807) is 18.2 Å². The van der Waals surface area contributed by atoms with Crippen molar-refractivity contribution in [3.8, 4) is 17.2 Å². The third kappa shape index (κ3) is 4.24. The Bertz CT molecular complexity index is 903. The summed E-state index contributed by atoms with van der Waals surface area (Å²) in [6, 6.07) is 23.2. The van der Waals surface area contributed by atoms with Crippen molar-refractivity contribution in [3.63, 3.8) is 0 Å². The first-order chi connectivity index (χ1) is 12.3. The predicted molar refractivity (Wildman–Crippen MR) is 96.0 cm³/mol. The van der Waals surface area contributed by atoms with Crippen LogP contribution in [0.1, 0.15) is 11.3 Å². The quantitative estimate of drug-likeness (QED) is 0.564. The molecule has 0 atom stereocenters. The molecule has 1 N–H and O–H groups in total. The Kier molecular flexibility index (Phi) is 5.08. The fraction of sp³-hybridized carbons (Fsp3) is 0.0476. The van der Waals surface area contributed by atoms with Crippen LogP contribution in [0.3, 0.4) is 0 Å². The van der Waals surface area contributed by atoms with Gasteiger partial charge in [0.2, 0.25) is 0 Å². The van der Waals surface area contributed by atoms with Crippen molar-refractivity contribution in [1.82, 2.24) is 5.32 Å². The van der Waals surface area contributed by atoms with Crippen LogP contribution in [0.4, 0.5) is 0 Å². The lowest BCUT2D eigenvalue weighted by atomic mass is 10.0. The molecule has 4 heteroatoms. The first kappa shape index (κ1) is 16.3. The molecule has 0 spiro atoms. The highest BCUT2D eigenvalue weighted by Crippen LogP contribution is 2.20. The van der Waals surface area contributed by atoms with Crippen LogP contribution in [0.5, 0.6) is 0 Å². The van der Waals surface area contributed by atoms with Gasteiger partial charge < -0.3 is 9.73 Å². The minimum Gasteiger partial charge on any atom is -0.467 e. The second-order valence-corrected chi connectivity index (χ2v) is 5.42. The summed E-state index contributed by atoms with van der Waals surface area (Å²) in [5.41, 5.74) is 3.05. The van der Waals surface area contributed by atoms with Gasteiger partial charge in [0.05, 0.1) is 12.8 Å². The van der Waals surface area contributed by atoms with Crippen LogP contribution in [0.2, 0.25) is 0 Å². The molecule has 0 bridgehead atoms. The lowest BCUT2D eigenvalue weighted by Gasteiger charge is -2.04. The van der Waals surface area contributed by atoms with E-state index in [1.165, 1.54) is 6.26 Å². The zero-order valence-corrected chi connectivity index (χ0v) is 13.5. The van der Waals surface area contributed by atoms with Crippen LogP contribution in [0.15, 0.2) is 83.0 Å². The summed E-state index contributed by atoms with van der Waals surface area (Å²) in [5.74, 6) is 0.212. The molecule has 0 aliphatic rings. The lowest BCUT2D eigenvalue weighted by Crippen LogP contribution is -2.23. The zero-order valence-electron chi connectivity index (χ0n) is 13.5. The summed E-state index contributed by atoms with van der Waals surface area (Å²) < 4.78 is 5.15. The first-order valence-electron chi connectivity index (χ1n) is 7.84. The summed E-state index contributed by atoms with van der Waals surface area (Å²) >= 11 is 0. The van der Waals surface area contributed by atoms with Gasteiger partial charge in [-0.3, -0.25) is 4.79 Å². The minimum atomic E-state index is -0.425. The molecule has 122 valence electrons. The normalized spacial score (nSPS) is 10.9. The minimum absolute atomic E-state index is 0.0546. The van der Waals surface area contributed by atoms with Gasteiger partial charge in [0.25, 0.3) is 5.91 Å². The molecule has 0 saturated heterocycles. The van der Waals surface area contributed by atoms with Crippen LogP contribution >= 0.6 is 0 Å². The van der Waals surface area contributed by atoms with Crippen LogP contribution in [0, 0.1) is 11.3 Å². The molecule has 0 unspecified atom stereocenters. The van der Waals surface area contributed by atoms with E-state index >= 15 is 0 Å². The summed E-state index contributed by atoms with van der Waals surface area (Å²) in [7, 11) is 0. The third-order valence-corrected chi connectivity index (χ3v) is 3.70. The number of nitriles is 1. The molecule has 0 aliphatic heterocycles. The molecular formula is C21H16N2O2. The molecule has 1 heterocycles. The van der Waals surface area contributed by atoms with Crippen LogP contribution < -0.4 is 5.32 Å². The van der Waals surface area contributed by atoms with Gasteiger partial charge in [-0.1, -0.05) is 54.6 Å². The molecule has 3 aromatic rings. The fourth-order valence-electron chi connectivity index (χ4n) is 2.39. The van der Waals surface area contributed by atoms with E-state index in [0.29, 0.717) is 5.76 Å². The number of hydrogen-bond acceptors (Lipinski definition) is 3. The third-order valence-electron chi connectivity index (χ3n) is 3.70. The topological polar surface area (TPSA) is 66.0 Å². The number of benzene rings is 2. The molecule has 0 fully saturated rings. The summed E-state index contributed by atoms with van der Waals surface area (Å²) in [6.45, 7) is 0.248. The molecule has 0 aliphatic carbocycles. The number of rotatable bonds is 5. The van der Waals surface area contributed by atoms with E-state index in [4.69, 9.17) is 4.42 Å². The van der Waals surface area contributed by atoms with Crippen LogP contribution in [-0.2, 0) is 11.3 Å². The molecule has 0 saturated carbocycles. The molecular weight excluding hydrogens is 312 g/mol. The predicted octanol–water partition coefficient (Wildman–Crippen LogP) is 4.17. The van der Waals surface area contributed by atoms with E-state index in [0.717, 1.165) is 16.7 Å². The van der Waals surface area contributed by atoms with Crippen molar-refractivity contribution in [2.24, 2.45) is 0 Å². The Morgan fingerprint density at radius 1 is 1.00 bits per heavy atom. The first-order valence-corrected chi connectivity index (χ1v) is 7.84. The average Bonchev–Trinajstić information content (AvgIpc) is 3.19. The van der Waals surface area contributed by atoms with E-state index in [-0.39, 0.29) is 12.1 Å². The smallest absolute Gasteiger partial charge is 0.262 e. The van der Waals surface area contributed by atoms with Crippen molar-refractivity contribution in [1.29, 1.82) is 5.26 Å². The van der Waals surface area contributed by atoms with Crippen LogP contribution in [-0.4, -0.2) is 5.91 Å². The Labute approximate surface area is 146 Å². The van der Waals surface area contributed by atoms with Gasteiger partial charge in [0, 0.05) is 0 Å². The van der Waals surface area contributed by atoms with Gasteiger partial charge in [-0.2, -0.15) is 5.26 Å². The Balaban J connectivity index is 1.71. The Morgan fingerprint density at radius 2 is 1.72 bits per heavy atom. The molecule has 0 radical (unpaired) electrons. The molecule has 2 aromatic carbocycles. The highest BCUT2D eigenvalue weighted by molar-refractivity contribution is 6.01. The number of nitrogens with zero attached hydrogens (tertiary/aromatic N) is 1. The molecule has 1 aromatic heterocycles. The lowest BCUT2D eigenvalue weighted by molar-refractivity contribution is -0.117. The van der Waals surface area contributed by atoms with Gasteiger partial charge in [0.15, 0.2) is 0 Å². The highest BCUT2D eigenvalue weighted by Gasteiger charge is 2.09. The fourth-order valence-corrected chi connectivity index (χ4v) is 2.39. The van der Waals surface area contributed by atoms with Crippen molar-refractivity contribution < 1.29 is 9.21 Å². The second kappa shape index (κ2) is 7.80. The van der Waals surface area contributed by atoms with Gasteiger partial charge in [-0.25, -0.2) is 0 Å². The van der Waals surface area contributed by atoms with Crippen molar-refractivity contribution in [3.05, 3.63) is 89.9 Å². The Hall–Kier alpha value is -3.58. The van der Waals surface area contributed by atoms with Crippen LogP contribution in [0.25, 0.3) is 17.2 Å². The number of hydrogen-bond donors (Lipinski definition) is 1. The number of nitrogens with one attached hydrogen (secondary N) is 1. The van der Waals surface area contributed by atoms with E-state index < -0.39 is 5.91 Å². The highest BCUT2D eigenvalue weighted by atomic mass is 16.3. The van der Waals surface area contributed by atoms with Crippen molar-refractivity contribution in [2.45, 2.75) is 6.54 Å². The zero-order chi connectivity index (χ0) is 17.5. The average molecular weight is 328 g/mol. The van der Waals surface area contributed by atoms with E-state index in [1.807, 2.05) is 60.7 Å². The molecule has 4 nitrogen and oxygen atoms in total. The maximum atomic E-state index is 12.1. The SMILES string of the molecule is N#CC(=Cc1ccc(-c2ccccc2)cc1)C(=O)NCc1ccco1. The largest absolute Gasteiger partial charge is 0.467 e. The number of furan rings is 1.